The van der Waals surface area contributed by atoms with Crippen LogP contribution in [0, 0.1) is 0 Å². The van der Waals surface area contributed by atoms with E-state index in [2.05, 4.69) is 37.4 Å². The largest absolute Gasteiger partial charge is 0.394 e. The predicted octanol–water partition coefficient (Wildman–Crippen LogP) is 4.71. The number of unbranched alkanes of at least 4 members (excludes halogenated alkanes) is 15. The van der Waals surface area contributed by atoms with E-state index in [9.17, 15) is 40.5 Å². The third-order valence-corrected chi connectivity index (χ3v) is 9.50. The molecule has 0 spiro atoms. The first-order valence-corrected chi connectivity index (χ1v) is 19.7. The Hall–Kier alpha value is -1.41. The van der Waals surface area contributed by atoms with Crippen molar-refractivity contribution in [1.82, 2.24) is 5.32 Å². The molecule has 0 aromatic heterocycles. The number of allylic oxidation sites excluding steroid dienone is 4. The van der Waals surface area contributed by atoms with Gasteiger partial charge >= 0.3 is 0 Å². The van der Waals surface area contributed by atoms with Gasteiger partial charge in [0.25, 0.3) is 0 Å². The molecule has 1 heterocycles. The smallest absolute Gasteiger partial charge is 0.249 e. The first kappa shape index (κ1) is 46.6. The molecule has 50 heavy (non-hydrogen) atoms. The van der Waals surface area contributed by atoms with Crippen molar-refractivity contribution in [3.8, 4) is 0 Å². The summed E-state index contributed by atoms with van der Waals surface area (Å²) in [5.41, 5.74) is 0. The van der Waals surface area contributed by atoms with Crippen molar-refractivity contribution in [3.63, 3.8) is 0 Å². The molecular formula is C39H73NO10. The van der Waals surface area contributed by atoms with E-state index in [1.54, 1.807) is 0 Å². The van der Waals surface area contributed by atoms with Gasteiger partial charge in [-0.25, -0.2) is 0 Å². The molecule has 0 radical (unpaired) electrons. The van der Waals surface area contributed by atoms with Gasteiger partial charge in [-0.1, -0.05) is 128 Å². The summed E-state index contributed by atoms with van der Waals surface area (Å²) in [6.45, 7) is 3.25. The molecule has 1 rings (SSSR count). The van der Waals surface area contributed by atoms with Crippen molar-refractivity contribution in [1.29, 1.82) is 0 Å². The van der Waals surface area contributed by atoms with E-state index >= 15 is 0 Å². The lowest BCUT2D eigenvalue weighted by Crippen LogP contribution is -2.60. The lowest BCUT2D eigenvalue weighted by Gasteiger charge is -2.40. The van der Waals surface area contributed by atoms with E-state index in [-0.39, 0.29) is 12.8 Å². The Balaban J connectivity index is 2.55. The van der Waals surface area contributed by atoms with E-state index in [0.717, 1.165) is 38.5 Å². The van der Waals surface area contributed by atoms with Gasteiger partial charge in [0, 0.05) is 0 Å². The molecule has 294 valence electrons. The fraction of sp³-hybridized carbons (Fsp3) is 0.872. The van der Waals surface area contributed by atoms with Gasteiger partial charge in [-0.05, 0) is 44.9 Å². The summed E-state index contributed by atoms with van der Waals surface area (Å²) < 4.78 is 11.0. The van der Waals surface area contributed by atoms with Gasteiger partial charge in [0.2, 0.25) is 5.91 Å². The van der Waals surface area contributed by atoms with Crippen LogP contribution in [0.25, 0.3) is 0 Å². The Morgan fingerprint density at radius 2 is 1.24 bits per heavy atom. The second-order valence-corrected chi connectivity index (χ2v) is 14.0. The van der Waals surface area contributed by atoms with Gasteiger partial charge in [0.1, 0.15) is 36.6 Å². The van der Waals surface area contributed by atoms with E-state index in [4.69, 9.17) is 9.47 Å². The third-order valence-electron chi connectivity index (χ3n) is 9.50. The zero-order chi connectivity index (χ0) is 37.0. The minimum atomic E-state index is -1.67. The topological polar surface area (TPSA) is 189 Å². The standard InChI is InChI=1S/C39H73NO10/c1-3-5-7-9-11-13-14-15-16-17-19-21-23-25-27-32(43)38(48)40-30(29-49-39-37(47)36(46)35(45)33(28-41)50-39)34(44)31(42)26-24-22-20-18-12-10-8-6-4-2/h6,8,18,20,30-37,39,41-47H,3-5,7,9-17,19,21-29H2,1-2H3,(H,40,48)/b8-6+,20-18+. The number of hydrogen-bond acceptors (Lipinski definition) is 10. The second-order valence-electron chi connectivity index (χ2n) is 14.0. The first-order chi connectivity index (χ1) is 24.2. The lowest BCUT2D eigenvalue weighted by atomic mass is 9.98. The number of ether oxygens (including phenoxy) is 2. The van der Waals surface area contributed by atoms with Crippen LogP contribution < -0.4 is 5.32 Å². The van der Waals surface area contributed by atoms with E-state index in [1.165, 1.54) is 64.2 Å². The average molecular weight is 716 g/mol. The molecule has 0 aliphatic carbocycles. The molecule has 1 fully saturated rings. The van der Waals surface area contributed by atoms with Crippen LogP contribution in [0.4, 0.5) is 0 Å². The zero-order valence-corrected chi connectivity index (χ0v) is 31.1. The maximum atomic E-state index is 13.0. The summed E-state index contributed by atoms with van der Waals surface area (Å²) >= 11 is 0. The SMILES string of the molecule is CC/C=C/CC/C=C/CCCC(O)C(O)C(COC1OC(CO)C(O)C(O)C1O)NC(=O)C(O)CCCCCCCCCCCCCCCC. The van der Waals surface area contributed by atoms with Crippen molar-refractivity contribution >= 4 is 5.91 Å². The summed E-state index contributed by atoms with van der Waals surface area (Å²) in [7, 11) is 0. The number of carbonyl (C=O) groups excluding carboxylic acids is 1. The minimum Gasteiger partial charge on any atom is -0.394 e. The molecule has 0 saturated carbocycles. The van der Waals surface area contributed by atoms with E-state index in [1.807, 2.05) is 6.08 Å². The molecule has 11 nitrogen and oxygen atoms in total. The Bertz CT molecular complexity index is 872. The molecule has 1 aliphatic rings. The zero-order valence-electron chi connectivity index (χ0n) is 31.1. The molecular weight excluding hydrogens is 642 g/mol. The first-order valence-electron chi connectivity index (χ1n) is 19.7. The molecule has 0 aromatic carbocycles. The van der Waals surface area contributed by atoms with E-state index < -0.39 is 74.2 Å². The van der Waals surface area contributed by atoms with Crippen LogP contribution in [-0.4, -0.2) is 110 Å². The molecule has 9 unspecified atom stereocenters. The molecule has 1 amide bonds. The van der Waals surface area contributed by atoms with Crippen molar-refractivity contribution in [3.05, 3.63) is 24.3 Å². The Labute approximate surface area is 302 Å². The number of carbonyl (C=O) groups is 1. The van der Waals surface area contributed by atoms with Crippen molar-refractivity contribution < 1.29 is 50.0 Å². The highest BCUT2D eigenvalue weighted by Crippen LogP contribution is 2.23. The number of amides is 1. The monoisotopic (exact) mass is 716 g/mol. The van der Waals surface area contributed by atoms with Crippen LogP contribution in [0.15, 0.2) is 24.3 Å². The summed E-state index contributed by atoms with van der Waals surface area (Å²) in [5.74, 6) is -0.714. The predicted molar refractivity (Wildman–Crippen MR) is 196 cm³/mol. The molecule has 1 saturated heterocycles. The lowest BCUT2D eigenvalue weighted by molar-refractivity contribution is -0.303. The summed E-state index contributed by atoms with van der Waals surface area (Å²) in [4.78, 5) is 13.0. The third kappa shape index (κ3) is 20.6. The normalized spacial score (nSPS) is 23.7. The molecule has 9 atom stereocenters. The number of aliphatic hydroxyl groups excluding tert-OH is 7. The van der Waals surface area contributed by atoms with Gasteiger partial charge in [-0.15, -0.1) is 0 Å². The Morgan fingerprint density at radius 1 is 0.700 bits per heavy atom. The van der Waals surface area contributed by atoms with Crippen molar-refractivity contribution in [2.24, 2.45) is 0 Å². The fourth-order valence-corrected chi connectivity index (χ4v) is 6.17. The minimum absolute atomic E-state index is 0.245. The fourth-order valence-electron chi connectivity index (χ4n) is 6.17. The van der Waals surface area contributed by atoms with Crippen LogP contribution in [0.3, 0.4) is 0 Å². The molecule has 0 bridgehead atoms. The summed E-state index contributed by atoms with van der Waals surface area (Å²) in [6.07, 6.45) is 18.3. The van der Waals surface area contributed by atoms with Crippen molar-refractivity contribution in [2.45, 2.75) is 204 Å². The van der Waals surface area contributed by atoms with Crippen LogP contribution >= 0.6 is 0 Å². The number of hydrogen-bond donors (Lipinski definition) is 8. The number of nitrogens with one attached hydrogen (secondary N) is 1. The highest BCUT2D eigenvalue weighted by molar-refractivity contribution is 5.80. The van der Waals surface area contributed by atoms with Gasteiger partial charge < -0.3 is 50.5 Å². The highest BCUT2D eigenvalue weighted by Gasteiger charge is 2.44. The van der Waals surface area contributed by atoms with Gasteiger partial charge in [-0.2, -0.15) is 0 Å². The van der Waals surface area contributed by atoms with Crippen LogP contribution in [0.2, 0.25) is 0 Å². The maximum absolute atomic E-state index is 13.0. The Kier molecular flexibility index (Phi) is 28.1. The van der Waals surface area contributed by atoms with Gasteiger partial charge in [-0.3, -0.25) is 4.79 Å². The van der Waals surface area contributed by atoms with E-state index in [0.29, 0.717) is 19.3 Å². The van der Waals surface area contributed by atoms with Crippen LogP contribution in [-0.2, 0) is 14.3 Å². The van der Waals surface area contributed by atoms with Crippen molar-refractivity contribution in [2.75, 3.05) is 13.2 Å². The molecule has 8 N–H and O–H groups in total. The van der Waals surface area contributed by atoms with Crippen LogP contribution in [0.1, 0.15) is 149 Å². The summed E-state index contributed by atoms with van der Waals surface area (Å²) in [6, 6.07) is -1.18. The average Bonchev–Trinajstić information content (AvgIpc) is 3.11. The molecule has 1 aliphatic heterocycles. The second kappa shape index (κ2) is 30.1. The summed E-state index contributed by atoms with van der Waals surface area (Å²) in [5, 5.41) is 75.0. The quantitative estimate of drug-likeness (QED) is 0.0369. The highest BCUT2D eigenvalue weighted by atomic mass is 16.7. The van der Waals surface area contributed by atoms with Crippen LogP contribution in [0.5, 0.6) is 0 Å². The number of aliphatic hydroxyl groups is 7. The molecule has 11 heteroatoms. The molecule has 0 aromatic rings. The van der Waals surface area contributed by atoms with Gasteiger partial charge in [0.05, 0.1) is 25.4 Å². The van der Waals surface area contributed by atoms with Gasteiger partial charge in [0.15, 0.2) is 6.29 Å². The number of rotatable bonds is 31. The maximum Gasteiger partial charge on any atom is 0.249 e. The Morgan fingerprint density at radius 3 is 1.80 bits per heavy atom.